The van der Waals surface area contributed by atoms with Crippen LogP contribution in [0.3, 0.4) is 0 Å². The summed E-state index contributed by atoms with van der Waals surface area (Å²) in [5.74, 6) is 0. The molecule has 0 heterocycles. The van der Waals surface area contributed by atoms with Crippen LogP contribution in [-0.4, -0.2) is 42.3 Å². The predicted octanol–water partition coefficient (Wildman–Crippen LogP) is 0.894. The van der Waals surface area contributed by atoms with E-state index in [-0.39, 0.29) is 6.61 Å². The lowest BCUT2D eigenvalue weighted by Crippen LogP contribution is -2.30. The highest BCUT2D eigenvalue weighted by Crippen LogP contribution is 2.14. The maximum Gasteiger partial charge on any atom is 0.0894 e. The fraction of sp³-hybridized carbons (Fsp3) is 0.500. The van der Waals surface area contributed by atoms with Gasteiger partial charge in [-0.2, -0.15) is 0 Å². The molecule has 3 N–H and O–H groups in total. The second-order valence-corrected chi connectivity index (χ2v) is 4.52. The molecule has 1 rings (SSSR count). The molecule has 0 aliphatic heterocycles. The Hall–Kier alpha value is -0.550. The molecule has 0 amide bonds. The van der Waals surface area contributed by atoms with Crippen LogP contribution in [0.2, 0.25) is 0 Å². The van der Waals surface area contributed by atoms with Crippen molar-refractivity contribution in [2.24, 2.45) is 0 Å². The average Bonchev–Trinajstić information content (AvgIpc) is 2.35. The molecule has 90 valence electrons. The second kappa shape index (κ2) is 7.68. The molecule has 16 heavy (non-hydrogen) atoms. The third kappa shape index (κ3) is 4.99. The molecule has 0 saturated carbocycles. The van der Waals surface area contributed by atoms with Crippen LogP contribution in [0.5, 0.6) is 0 Å². The monoisotopic (exact) mass is 241 g/mol. The van der Waals surface area contributed by atoms with Gasteiger partial charge in [0.15, 0.2) is 0 Å². The van der Waals surface area contributed by atoms with Crippen molar-refractivity contribution in [1.29, 1.82) is 0 Å². The molecular weight excluding hydrogens is 222 g/mol. The van der Waals surface area contributed by atoms with Crippen molar-refractivity contribution in [3.05, 3.63) is 29.8 Å². The molecule has 1 unspecified atom stereocenters. The molecule has 1 aromatic rings. The van der Waals surface area contributed by atoms with Crippen molar-refractivity contribution in [2.45, 2.75) is 17.4 Å². The van der Waals surface area contributed by atoms with Crippen molar-refractivity contribution >= 4 is 11.8 Å². The first-order valence-electron chi connectivity index (χ1n) is 5.39. The fourth-order valence-corrected chi connectivity index (χ4v) is 1.77. The lowest BCUT2D eigenvalue weighted by atomic mass is 10.1. The number of aliphatic hydroxyl groups excluding tert-OH is 2. The van der Waals surface area contributed by atoms with E-state index < -0.39 is 6.10 Å². The summed E-state index contributed by atoms with van der Waals surface area (Å²) < 4.78 is 0. The van der Waals surface area contributed by atoms with Crippen molar-refractivity contribution in [3.63, 3.8) is 0 Å². The van der Waals surface area contributed by atoms with Crippen LogP contribution in [0.4, 0.5) is 0 Å². The number of rotatable bonds is 7. The van der Waals surface area contributed by atoms with Gasteiger partial charge in [-0.3, -0.25) is 0 Å². The molecule has 0 fully saturated rings. The fourth-order valence-electron chi connectivity index (χ4n) is 1.36. The van der Waals surface area contributed by atoms with Crippen LogP contribution in [-0.2, 0) is 6.42 Å². The zero-order chi connectivity index (χ0) is 11.8. The smallest absolute Gasteiger partial charge is 0.0894 e. The first-order chi connectivity index (χ1) is 7.76. The molecule has 0 bridgehead atoms. The minimum Gasteiger partial charge on any atom is -0.394 e. The van der Waals surface area contributed by atoms with Crippen molar-refractivity contribution in [1.82, 2.24) is 5.32 Å². The van der Waals surface area contributed by atoms with Gasteiger partial charge in [-0.15, -0.1) is 11.8 Å². The van der Waals surface area contributed by atoms with E-state index in [1.807, 2.05) is 0 Å². The third-order valence-corrected chi connectivity index (χ3v) is 3.08. The Labute approximate surface area is 101 Å². The molecule has 1 atom stereocenters. The molecule has 1 aromatic carbocycles. The van der Waals surface area contributed by atoms with Gasteiger partial charge in [0.05, 0.1) is 12.7 Å². The van der Waals surface area contributed by atoms with Gasteiger partial charge in [-0.05, 0) is 36.9 Å². The number of hydrogen-bond donors (Lipinski definition) is 3. The van der Waals surface area contributed by atoms with Gasteiger partial charge in [-0.25, -0.2) is 0 Å². The topological polar surface area (TPSA) is 52.5 Å². The number of thioether (sulfide) groups is 1. The number of benzene rings is 1. The summed E-state index contributed by atoms with van der Waals surface area (Å²) in [6.07, 6.45) is 2.35. The van der Waals surface area contributed by atoms with E-state index in [2.05, 4.69) is 35.8 Å². The molecule has 0 aliphatic carbocycles. The van der Waals surface area contributed by atoms with Crippen LogP contribution in [0.15, 0.2) is 29.2 Å². The minimum atomic E-state index is -0.654. The van der Waals surface area contributed by atoms with Gasteiger partial charge < -0.3 is 15.5 Å². The summed E-state index contributed by atoms with van der Waals surface area (Å²) in [7, 11) is 0. The Bertz CT molecular complexity index is 290. The normalized spacial score (nSPS) is 12.7. The molecule has 3 nitrogen and oxygen atoms in total. The molecule has 0 spiro atoms. The van der Waals surface area contributed by atoms with Gasteiger partial charge >= 0.3 is 0 Å². The van der Waals surface area contributed by atoms with E-state index >= 15 is 0 Å². The van der Waals surface area contributed by atoms with Gasteiger partial charge in [0.2, 0.25) is 0 Å². The molecular formula is C12H19NO2S. The molecule has 0 saturated heterocycles. The predicted molar refractivity (Wildman–Crippen MR) is 67.9 cm³/mol. The third-order valence-electron chi connectivity index (χ3n) is 2.34. The summed E-state index contributed by atoms with van der Waals surface area (Å²) in [5, 5.41) is 20.8. The largest absolute Gasteiger partial charge is 0.394 e. The van der Waals surface area contributed by atoms with E-state index in [1.54, 1.807) is 11.8 Å². The summed E-state index contributed by atoms with van der Waals surface area (Å²) in [4.78, 5) is 1.27. The maximum absolute atomic E-state index is 9.11. The SMILES string of the molecule is CSc1ccc(CCNCC(O)CO)cc1. The number of hydrogen-bond acceptors (Lipinski definition) is 4. The van der Waals surface area contributed by atoms with Gasteiger partial charge in [0.1, 0.15) is 0 Å². The van der Waals surface area contributed by atoms with E-state index in [0.717, 1.165) is 13.0 Å². The van der Waals surface area contributed by atoms with Crippen LogP contribution >= 0.6 is 11.8 Å². The Balaban J connectivity index is 2.21. The van der Waals surface area contributed by atoms with E-state index in [1.165, 1.54) is 10.5 Å². The van der Waals surface area contributed by atoms with E-state index in [9.17, 15) is 0 Å². The van der Waals surface area contributed by atoms with Crippen LogP contribution in [0, 0.1) is 0 Å². The van der Waals surface area contributed by atoms with Crippen LogP contribution in [0.25, 0.3) is 0 Å². The number of nitrogens with one attached hydrogen (secondary N) is 1. The van der Waals surface area contributed by atoms with Gasteiger partial charge in [-0.1, -0.05) is 12.1 Å². The highest BCUT2D eigenvalue weighted by molar-refractivity contribution is 7.98. The van der Waals surface area contributed by atoms with Gasteiger partial charge in [0, 0.05) is 11.4 Å². The zero-order valence-corrected chi connectivity index (χ0v) is 10.3. The maximum atomic E-state index is 9.11. The average molecular weight is 241 g/mol. The highest BCUT2D eigenvalue weighted by atomic mass is 32.2. The Kier molecular flexibility index (Phi) is 6.49. The lowest BCUT2D eigenvalue weighted by Gasteiger charge is -2.08. The first kappa shape index (κ1) is 13.5. The lowest BCUT2D eigenvalue weighted by molar-refractivity contribution is 0.0947. The highest BCUT2D eigenvalue weighted by Gasteiger charge is 2.00. The second-order valence-electron chi connectivity index (χ2n) is 3.64. The van der Waals surface area contributed by atoms with Gasteiger partial charge in [0.25, 0.3) is 0 Å². The van der Waals surface area contributed by atoms with Crippen molar-refractivity contribution < 1.29 is 10.2 Å². The van der Waals surface area contributed by atoms with Crippen molar-refractivity contribution in [3.8, 4) is 0 Å². The Morgan fingerprint density at radius 3 is 2.56 bits per heavy atom. The summed E-state index contributed by atoms with van der Waals surface area (Å²) in [6, 6.07) is 8.47. The minimum absolute atomic E-state index is 0.185. The molecule has 0 aliphatic rings. The first-order valence-corrected chi connectivity index (χ1v) is 6.61. The molecule has 0 aromatic heterocycles. The summed E-state index contributed by atoms with van der Waals surface area (Å²) in [6.45, 7) is 1.07. The molecule has 0 radical (unpaired) electrons. The standard InChI is InChI=1S/C12H19NO2S/c1-16-12-4-2-10(3-5-12)6-7-13-8-11(15)9-14/h2-5,11,13-15H,6-9H2,1H3. The van der Waals surface area contributed by atoms with E-state index in [0.29, 0.717) is 6.54 Å². The Morgan fingerprint density at radius 1 is 1.31 bits per heavy atom. The molecule has 4 heteroatoms. The van der Waals surface area contributed by atoms with Crippen molar-refractivity contribution in [2.75, 3.05) is 26.0 Å². The van der Waals surface area contributed by atoms with Crippen LogP contribution < -0.4 is 5.32 Å². The summed E-state index contributed by atoms with van der Waals surface area (Å²) >= 11 is 1.74. The van der Waals surface area contributed by atoms with Crippen LogP contribution in [0.1, 0.15) is 5.56 Å². The summed E-state index contributed by atoms with van der Waals surface area (Å²) in [5.41, 5.74) is 1.28. The quantitative estimate of drug-likeness (QED) is 0.490. The van der Waals surface area contributed by atoms with E-state index in [4.69, 9.17) is 10.2 Å². The Morgan fingerprint density at radius 2 is 2.00 bits per heavy atom. The zero-order valence-electron chi connectivity index (χ0n) is 9.52. The number of aliphatic hydroxyl groups is 2.